The Bertz CT molecular complexity index is 825. The molecule has 0 fully saturated rings. The minimum atomic E-state index is 0.629. The molecule has 0 atom stereocenters. The van der Waals surface area contributed by atoms with Crippen LogP contribution in [-0.4, -0.2) is 50.8 Å². The van der Waals surface area contributed by atoms with E-state index < -0.39 is 0 Å². The van der Waals surface area contributed by atoms with E-state index in [1.54, 1.807) is 4.68 Å². The molecule has 0 radical (unpaired) electrons. The zero-order chi connectivity index (χ0) is 18.4. The van der Waals surface area contributed by atoms with Crippen molar-refractivity contribution in [1.29, 1.82) is 0 Å². The molecule has 7 heteroatoms. The van der Waals surface area contributed by atoms with Gasteiger partial charge in [0.1, 0.15) is 5.82 Å². The highest BCUT2D eigenvalue weighted by molar-refractivity contribution is 5.87. The third kappa shape index (κ3) is 4.29. The second kappa shape index (κ2) is 8.62. The first-order chi connectivity index (χ1) is 12.7. The number of likely N-dealkylation sites (N-methyl/N-ethyl adjacent to an activating group) is 1. The summed E-state index contributed by atoms with van der Waals surface area (Å²) in [5, 5.41) is 12.0. The van der Waals surface area contributed by atoms with Gasteiger partial charge >= 0.3 is 0 Å². The van der Waals surface area contributed by atoms with Crippen LogP contribution in [0.15, 0.2) is 36.5 Å². The summed E-state index contributed by atoms with van der Waals surface area (Å²) in [5.41, 5.74) is 2.03. The molecule has 7 nitrogen and oxygen atoms in total. The Morgan fingerprint density at radius 3 is 2.54 bits per heavy atom. The van der Waals surface area contributed by atoms with Crippen molar-refractivity contribution in [2.24, 2.45) is 7.05 Å². The third-order valence-corrected chi connectivity index (χ3v) is 4.50. The van der Waals surface area contributed by atoms with Crippen molar-refractivity contribution in [1.82, 2.24) is 24.6 Å². The first-order valence-electron chi connectivity index (χ1n) is 9.15. The molecule has 0 aliphatic rings. The summed E-state index contributed by atoms with van der Waals surface area (Å²) in [6.07, 6.45) is 1.81. The summed E-state index contributed by atoms with van der Waals surface area (Å²) in [7, 11) is 1.90. The molecule has 0 aliphatic heterocycles. The minimum Gasteiger partial charge on any atom is -0.365 e. The highest BCUT2D eigenvalue weighted by Crippen LogP contribution is 2.22. The van der Waals surface area contributed by atoms with Gasteiger partial charge in [0.05, 0.1) is 11.6 Å². The van der Waals surface area contributed by atoms with E-state index in [-0.39, 0.29) is 0 Å². The van der Waals surface area contributed by atoms with Crippen LogP contribution in [0.5, 0.6) is 0 Å². The van der Waals surface area contributed by atoms with Crippen LogP contribution < -0.4 is 10.6 Å². The average molecular weight is 353 g/mol. The molecule has 0 aliphatic carbocycles. The number of aryl methyl sites for hydroxylation is 1. The number of hydrogen-bond donors (Lipinski definition) is 2. The SMILES string of the molecule is CCN(CC)CCNc1nc(NCc2ccccc2)c2cnn(C)c2n1. The van der Waals surface area contributed by atoms with Crippen LogP contribution in [0, 0.1) is 0 Å². The molecule has 2 aromatic heterocycles. The fourth-order valence-corrected chi connectivity index (χ4v) is 2.88. The van der Waals surface area contributed by atoms with Gasteiger partial charge < -0.3 is 15.5 Å². The summed E-state index contributed by atoms with van der Waals surface area (Å²) in [6, 6.07) is 10.3. The van der Waals surface area contributed by atoms with Gasteiger partial charge in [-0.1, -0.05) is 44.2 Å². The molecule has 0 saturated heterocycles. The van der Waals surface area contributed by atoms with Crippen molar-refractivity contribution in [2.45, 2.75) is 20.4 Å². The van der Waals surface area contributed by atoms with Gasteiger partial charge in [0.2, 0.25) is 5.95 Å². The number of nitrogens with zero attached hydrogens (tertiary/aromatic N) is 5. The van der Waals surface area contributed by atoms with Crippen LogP contribution in [0.3, 0.4) is 0 Å². The number of aromatic nitrogens is 4. The van der Waals surface area contributed by atoms with Gasteiger partial charge in [-0.05, 0) is 18.7 Å². The Hall–Kier alpha value is -2.67. The van der Waals surface area contributed by atoms with Gasteiger partial charge in [0.25, 0.3) is 0 Å². The van der Waals surface area contributed by atoms with Gasteiger partial charge in [-0.25, -0.2) is 0 Å². The van der Waals surface area contributed by atoms with Crippen LogP contribution in [0.1, 0.15) is 19.4 Å². The predicted molar refractivity (Wildman–Crippen MR) is 106 cm³/mol. The molecule has 0 spiro atoms. The minimum absolute atomic E-state index is 0.629. The van der Waals surface area contributed by atoms with Crippen LogP contribution in [-0.2, 0) is 13.6 Å². The lowest BCUT2D eigenvalue weighted by Crippen LogP contribution is -2.29. The van der Waals surface area contributed by atoms with E-state index in [1.165, 1.54) is 5.56 Å². The van der Waals surface area contributed by atoms with E-state index >= 15 is 0 Å². The normalized spacial score (nSPS) is 11.2. The summed E-state index contributed by atoms with van der Waals surface area (Å²) < 4.78 is 1.78. The lowest BCUT2D eigenvalue weighted by Gasteiger charge is -2.18. The Balaban J connectivity index is 1.76. The Morgan fingerprint density at radius 2 is 1.81 bits per heavy atom. The molecule has 0 amide bonds. The number of rotatable bonds is 9. The number of hydrogen-bond acceptors (Lipinski definition) is 6. The lowest BCUT2D eigenvalue weighted by molar-refractivity contribution is 0.316. The quantitative estimate of drug-likeness (QED) is 0.616. The molecule has 138 valence electrons. The van der Waals surface area contributed by atoms with Gasteiger partial charge in [-0.15, -0.1) is 0 Å². The molecule has 2 heterocycles. The summed E-state index contributed by atoms with van der Waals surface area (Å²) in [4.78, 5) is 11.7. The fraction of sp³-hybridized carbons (Fsp3) is 0.421. The average Bonchev–Trinajstić information content (AvgIpc) is 3.05. The summed E-state index contributed by atoms with van der Waals surface area (Å²) in [5.74, 6) is 1.43. The second-order valence-corrected chi connectivity index (χ2v) is 6.19. The Labute approximate surface area is 154 Å². The molecule has 0 saturated carbocycles. The van der Waals surface area contributed by atoms with E-state index in [0.717, 1.165) is 43.0 Å². The first-order valence-corrected chi connectivity index (χ1v) is 9.15. The molecule has 3 aromatic rings. The molecular formula is C19H27N7. The van der Waals surface area contributed by atoms with E-state index in [1.807, 2.05) is 31.4 Å². The molecule has 26 heavy (non-hydrogen) atoms. The predicted octanol–water partition coefficient (Wildman–Crippen LogP) is 2.73. The van der Waals surface area contributed by atoms with E-state index in [0.29, 0.717) is 12.5 Å². The zero-order valence-electron chi connectivity index (χ0n) is 15.7. The van der Waals surface area contributed by atoms with E-state index in [2.05, 4.69) is 56.6 Å². The smallest absolute Gasteiger partial charge is 0.226 e. The summed E-state index contributed by atoms with van der Waals surface area (Å²) in [6.45, 7) is 8.92. The second-order valence-electron chi connectivity index (χ2n) is 6.19. The van der Waals surface area contributed by atoms with Gasteiger partial charge in [-0.3, -0.25) is 4.68 Å². The number of anilines is 2. The fourth-order valence-electron chi connectivity index (χ4n) is 2.88. The van der Waals surface area contributed by atoms with Crippen molar-refractivity contribution in [2.75, 3.05) is 36.8 Å². The van der Waals surface area contributed by atoms with E-state index in [4.69, 9.17) is 0 Å². The van der Waals surface area contributed by atoms with Crippen molar-refractivity contribution in [3.8, 4) is 0 Å². The maximum absolute atomic E-state index is 4.67. The Kier molecular flexibility index (Phi) is 6.01. The molecule has 0 bridgehead atoms. The van der Waals surface area contributed by atoms with E-state index in [9.17, 15) is 0 Å². The molecule has 1 aromatic carbocycles. The highest BCUT2D eigenvalue weighted by Gasteiger charge is 2.11. The zero-order valence-corrected chi connectivity index (χ0v) is 15.7. The standard InChI is InChI=1S/C19H27N7/c1-4-26(5-2)12-11-20-19-23-17(16-14-22-25(3)18(16)24-19)21-13-15-9-7-6-8-10-15/h6-10,14H,4-5,11-13H2,1-3H3,(H2,20,21,23,24). The van der Waals surface area contributed by atoms with Gasteiger partial charge in [-0.2, -0.15) is 15.1 Å². The number of nitrogens with one attached hydrogen (secondary N) is 2. The molecule has 0 unspecified atom stereocenters. The van der Waals surface area contributed by atoms with Crippen molar-refractivity contribution in [3.05, 3.63) is 42.1 Å². The van der Waals surface area contributed by atoms with Crippen LogP contribution in [0.2, 0.25) is 0 Å². The number of benzene rings is 1. The third-order valence-electron chi connectivity index (χ3n) is 4.50. The van der Waals surface area contributed by atoms with Gasteiger partial charge in [0, 0.05) is 26.7 Å². The topological polar surface area (TPSA) is 70.9 Å². The van der Waals surface area contributed by atoms with Crippen LogP contribution in [0.25, 0.3) is 11.0 Å². The monoisotopic (exact) mass is 353 g/mol. The summed E-state index contributed by atoms with van der Waals surface area (Å²) >= 11 is 0. The van der Waals surface area contributed by atoms with Crippen LogP contribution >= 0.6 is 0 Å². The van der Waals surface area contributed by atoms with Crippen LogP contribution in [0.4, 0.5) is 11.8 Å². The van der Waals surface area contributed by atoms with Crippen molar-refractivity contribution >= 4 is 22.8 Å². The molecule has 2 N–H and O–H groups in total. The van der Waals surface area contributed by atoms with Crippen molar-refractivity contribution in [3.63, 3.8) is 0 Å². The highest BCUT2D eigenvalue weighted by atomic mass is 15.3. The molecule has 3 rings (SSSR count). The largest absolute Gasteiger partial charge is 0.365 e. The first kappa shape index (κ1) is 18.1. The van der Waals surface area contributed by atoms with Gasteiger partial charge in [0.15, 0.2) is 5.65 Å². The van der Waals surface area contributed by atoms with Crippen molar-refractivity contribution < 1.29 is 0 Å². The maximum Gasteiger partial charge on any atom is 0.226 e. The maximum atomic E-state index is 4.67. The number of fused-ring (bicyclic) bond motifs is 1. The molecular weight excluding hydrogens is 326 g/mol. The lowest BCUT2D eigenvalue weighted by atomic mass is 10.2. The Morgan fingerprint density at radius 1 is 1.04 bits per heavy atom.